The predicted molar refractivity (Wildman–Crippen MR) is 116 cm³/mol. The lowest BCUT2D eigenvalue weighted by molar-refractivity contribution is -0.140. The van der Waals surface area contributed by atoms with E-state index in [2.05, 4.69) is 32.9 Å². The second-order valence-corrected chi connectivity index (χ2v) is 7.59. The number of benzene rings is 1. The molecular formula is C20H21N5O5S. The van der Waals surface area contributed by atoms with Gasteiger partial charge in [-0.1, -0.05) is 6.07 Å². The van der Waals surface area contributed by atoms with Crippen LogP contribution in [0.25, 0.3) is 11.0 Å². The molecule has 3 rings (SSSR count). The lowest BCUT2D eigenvalue weighted by Crippen LogP contribution is -2.41. The Labute approximate surface area is 182 Å². The number of fused-ring (bicyclic) bond motifs is 1. The number of anilines is 1. The third kappa shape index (κ3) is 5.31. The molecule has 0 saturated heterocycles. The van der Waals surface area contributed by atoms with Gasteiger partial charge in [0.2, 0.25) is 0 Å². The van der Waals surface area contributed by atoms with Crippen LogP contribution in [-0.4, -0.2) is 49.1 Å². The molecule has 11 heteroatoms. The monoisotopic (exact) mass is 443 g/mol. The summed E-state index contributed by atoms with van der Waals surface area (Å²) in [6.07, 6.45) is 4.90. The van der Waals surface area contributed by atoms with Crippen LogP contribution in [0.2, 0.25) is 0 Å². The van der Waals surface area contributed by atoms with Crippen LogP contribution in [0, 0.1) is 0 Å². The number of carboxylic acid groups (broad SMARTS) is 2. The minimum absolute atomic E-state index is 0.113. The number of nitrogen functional groups attached to an aromatic ring is 1. The molecule has 162 valence electrons. The van der Waals surface area contributed by atoms with Gasteiger partial charge in [0.25, 0.3) is 5.91 Å². The molecule has 0 aliphatic heterocycles. The Hall–Kier alpha value is -3.60. The first kappa shape index (κ1) is 22.1. The maximum atomic E-state index is 12.5. The first-order chi connectivity index (χ1) is 14.8. The number of aromatic amines is 1. The molecule has 6 N–H and O–H groups in total. The first-order valence-corrected chi connectivity index (χ1v) is 9.86. The van der Waals surface area contributed by atoms with E-state index in [4.69, 9.17) is 10.8 Å². The Morgan fingerprint density at radius 3 is 2.71 bits per heavy atom. The minimum atomic E-state index is -1.33. The summed E-state index contributed by atoms with van der Waals surface area (Å²) in [5.74, 6) is -3.14. The van der Waals surface area contributed by atoms with Gasteiger partial charge in [0.05, 0.1) is 5.56 Å². The van der Waals surface area contributed by atoms with Crippen molar-refractivity contribution in [3.8, 4) is 0 Å². The van der Waals surface area contributed by atoms with Gasteiger partial charge in [0, 0.05) is 35.1 Å². The Kier molecular flexibility index (Phi) is 6.75. The largest absolute Gasteiger partial charge is 0.481 e. The second kappa shape index (κ2) is 9.47. The summed E-state index contributed by atoms with van der Waals surface area (Å²) in [5.41, 5.74) is 8.80. The Bertz CT molecular complexity index is 1130. The molecule has 2 atom stereocenters. The molecule has 0 bridgehead atoms. The Morgan fingerprint density at radius 2 is 2.03 bits per heavy atom. The Morgan fingerprint density at radius 1 is 1.26 bits per heavy atom. The van der Waals surface area contributed by atoms with Crippen molar-refractivity contribution in [2.75, 3.05) is 5.73 Å². The number of aliphatic carboxylic acids is 2. The summed E-state index contributed by atoms with van der Waals surface area (Å²) in [7, 11) is 0. The number of thiol groups is 1. The van der Waals surface area contributed by atoms with E-state index < -0.39 is 23.9 Å². The standard InChI is InChI=1S/C20H21N5O5S/c21-14-5-10(6-16(31)12-8-23-18-13(12)7-22-9-24-18)1-2-11(14)19(28)25-15(20(29)30)3-4-17(26)27/h1-2,5,7-9,15-16,31H,3-4,6,21H2,(H,25,28)(H,26,27)(H,29,30)(H,22,23,24)/t15-,16?/m0/s1. The molecule has 0 aliphatic carbocycles. The van der Waals surface area contributed by atoms with Gasteiger partial charge in [0.1, 0.15) is 18.0 Å². The van der Waals surface area contributed by atoms with E-state index in [1.165, 1.54) is 12.4 Å². The highest BCUT2D eigenvalue weighted by atomic mass is 32.1. The van der Waals surface area contributed by atoms with Crippen LogP contribution in [0.5, 0.6) is 0 Å². The number of amides is 1. The molecule has 0 spiro atoms. The van der Waals surface area contributed by atoms with Gasteiger partial charge >= 0.3 is 11.9 Å². The molecule has 1 unspecified atom stereocenters. The number of carbonyl (C=O) groups is 3. The first-order valence-electron chi connectivity index (χ1n) is 9.35. The SMILES string of the molecule is Nc1cc(CC(S)c2c[nH]c3ncncc23)ccc1C(=O)N[C@@H](CCC(=O)O)C(=O)O. The summed E-state index contributed by atoms with van der Waals surface area (Å²) in [5, 5.41) is 20.9. The maximum absolute atomic E-state index is 12.5. The summed E-state index contributed by atoms with van der Waals surface area (Å²) in [6, 6.07) is 3.53. The number of carboxylic acids is 2. The number of nitrogens with two attached hydrogens (primary N) is 1. The van der Waals surface area contributed by atoms with E-state index in [9.17, 15) is 19.5 Å². The molecule has 1 aromatic carbocycles. The number of rotatable bonds is 9. The van der Waals surface area contributed by atoms with Crippen LogP contribution in [-0.2, 0) is 16.0 Å². The number of nitrogens with one attached hydrogen (secondary N) is 2. The molecule has 0 radical (unpaired) electrons. The average molecular weight is 443 g/mol. The molecule has 0 fully saturated rings. The van der Waals surface area contributed by atoms with E-state index in [1.54, 1.807) is 18.3 Å². The molecule has 31 heavy (non-hydrogen) atoms. The van der Waals surface area contributed by atoms with E-state index in [-0.39, 0.29) is 29.3 Å². The highest BCUT2D eigenvalue weighted by Gasteiger charge is 2.23. The predicted octanol–water partition coefficient (Wildman–Crippen LogP) is 1.80. The zero-order valence-electron chi connectivity index (χ0n) is 16.3. The molecule has 2 aromatic heterocycles. The smallest absolute Gasteiger partial charge is 0.326 e. The van der Waals surface area contributed by atoms with Crippen LogP contribution in [0.1, 0.15) is 39.6 Å². The number of hydrogen-bond donors (Lipinski definition) is 6. The number of hydrogen-bond acceptors (Lipinski definition) is 7. The highest BCUT2D eigenvalue weighted by Crippen LogP contribution is 2.30. The zero-order chi connectivity index (χ0) is 22.5. The van der Waals surface area contributed by atoms with Gasteiger partial charge < -0.3 is 26.2 Å². The third-order valence-corrected chi connectivity index (χ3v) is 5.25. The summed E-state index contributed by atoms with van der Waals surface area (Å²) in [4.78, 5) is 45.7. The van der Waals surface area contributed by atoms with E-state index in [1.807, 2.05) is 6.20 Å². The van der Waals surface area contributed by atoms with Gasteiger partial charge in [-0.15, -0.1) is 0 Å². The van der Waals surface area contributed by atoms with Gasteiger partial charge in [-0.05, 0) is 36.1 Å². The van der Waals surface area contributed by atoms with Crippen molar-refractivity contribution in [2.24, 2.45) is 0 Å². The summed E-state index contributed by atoms with van der Waals surface area (Å²) >= 11 is 4.67. The van der Waals surface area contributed by atoms with Gasteiger partial charge in [-0.3, -0.25) is 9.59 Å². The molecule has 0 saturated carbocycles. The maximum Gasteiger partial charge on any atom is 0.326 e. The van der Waals surface area contributed by atoms with E-state index >= 15 is 0 Å². The van der Waals surface area contributed by atoms with Crippen LogP contribution < -0.4 is 11.1 Å². The van der Waals surface area contributed by atoms with Gasteiger partial charge in [-0.2, -0.15) is 12.6 Å². The van der Waals surface area contributed by atoms with Gasteiger partial charge in [0.15, 0.2) is 0 Å². The molecule has 2 heterocycles. The van der Waals surface area contributed by atoms with E-state index in [0.29, 0.717) is 12.1 Å². The van der Waals surface area contributed by atoms with Crippen molar-refractivity contribution in [3.63, 3.8) is 0 Å². The molecule has 1 amide bonds. The van der Waals surface area contributed by atoms with Crippen molar-refractivity contribution in [1.82, 2.24) is 20.3 Å². The molecule has 0 aliphatic rings. The summed E-state index contributed by atoms with van der Waals surface area (Å²) < 4.78 is 0. The van der Waals surface area contributed by atoms with Crippen molar-refractivity contribution < 1.29 is 24.6 Å². The normalized spacial score (nSPS) is 12.9. The average Bonchev–Trinajstić information content (AvgIpc) is 3.15. The number of nitrogens with zero attached hydrogens (tertiary/aromatic N) is 2. The fourth-order valence-corrected chi connectivity index (χ4v) is 3.62. The topological polar surface area (TPSA) is 171 Å². The fraction of sp³-hybridized carbons (Fsp3) is 0.250. The number of aromatic nitrogens is 3. The van der Waals surface area contributed by atoms with Crippen LogP contribution >= 0.6 is 12.6 Å². The minimum Gasteiger partial charge on any atom is -0.481 e. The fourth-order valence-electron chi connectivity index (χ4n) is 3.20. The van der Waals surface area contributed by atoms with E-state index in [0.717, 1.165) is 16.5 Å². The quantitative estimate of drug-likeness (QED) is 0.215. The zero-order valence-corrected chi connectivity index (χ0v) is 17.2. The third-order valence-electron chi connectivity index (χ3n) is 4.79. The number of carbonyl (C=O) groups excluding carboxylic acids is 1. The van der Waals surface area contributed by atoms with Gasteiger partial charge in [-0.25, -0.2) is 14.8 Å². The lowest BCUT2D eigenvalue weighted by Gasteiger charge is -2.15. The highest BCUT2D eigenvalue weighted by molar-refractivity contribution is 7.80. The van der Waals surface area contributed by atoms with Crippen molar-refractivity contribution >= 4 is 47.2 Å². The molecular weight excluding hydrogens is 422 g/mol. The van der Waals surface area contributed by atoms with Crippen LogP contribution in [0.4, 0.5) is 5.69 Å². The summed E-state index contributed by atoms with van der Waals surface area (Å²) in [6.45, 7) is 0. The second-order valence-electron chi connectivity index (χ2n) is 6.97. The number of H-pyrrole nitrogens is 1. The van der Waals surface area contributed by atoms with Crippen LogP contribution in [0.15, 0.2) is 36.9 Å². The lowest BCUT2D eigenvalue weighted by atomic mass is 10.0. The Balaban J connectivity index is 1.71. The van der Waals surface area contributed by atoms with Crippen molar-refractivity contribution in [3.05, 3.63) is 53.6 Å². The molecule has 3 aromatic rings. The van der Waals surface area contributed by atoms with Crippen molar-refractivity contribution in [2.45, 2.75) is 30.6 Å². The molecule has 10 nitrogen and oxygen atoms in total. The van der Waals surface area contributed by atoms with Crippen molar-refractivity contribution in [1.29, 1.82) is 0 Å². The van der Waals surface area contributed by atoms with Crippen LogP contribution in [0.3, 0.4) is 0 Å².